The molecule has 1 aliphatic carbocycles. The molecule has 3 N–H and O–H groups in total. The molecule has 4 atom stereocenters. The monoisotopic (exact) mass is 441 g/mol. The summed E-state index contributed by atoms with van der Waals surface area (Å²) in [5, 5.41) is 12.6. The normalized spacial score (nSPS) is 27.4. The van der Waals surface area contributed by atoms with Crippen molar-refractivity contribution >= 4 is 27.8 Å². The molecule has 10 nitrogen and oxygen atoms in total. The summed E-state index contributed by atoms with van der Waals surface area (Å²) in [7, 11) is -3.33. The highest BCUT2D eigenvalue weighted by molar-refractivity contribution is 7.88. The van der Waals surface area contributed by atoms with Gasteiger partial charge in [0.25, 0.3) is 0 Å². The van der Waals surface area contributed by atoms with E-state index >= 15 is 0 Å². The number of H-pyrrole nitrogens is 1. The van der Waals surface area contributed by atoms with Crippen LogP contribution in [0.3, 0.4) is 0 Å². The highest BCUT2D eigenvalue weighted by Crippen LogP contribution is 2.36. The van der Waals surface area contributed by atoms with Gasteiger partial charge in [0.15, 0.2) is 5.82 Å². The number of aromatic nitrogens is 2. The van der Waals surface area contributed by atoms with Crippen molar-refractivity contribution in [1.29, 1.82) is 0 Å². The average molecular weight is 442 g/mol. The van der Waals surface area contributed by atoms with Crippen molar-refractivity contribution in [2.24, 2.45) is 5.92 Å². The van der Waals surface area contributed by atoms with Crippen molar-refractivity contribution in [2.45, 2.75) is 70.6 Å². The second kappa shape index (κ2) is 8.93. The molecule has 3 rings (SSSR count). The first-order valence-corrected chi connectivity index (χ1v) is 12.2. The van der Waals surface area contributed by atoms with Gasteiger partial charge in [0.05, 0.1) is 12.2 Å². The van der Waals surface area contributed by atoms with Crippen LogP contribution in [0.4, 0.5) is 10.6 Å². The third kappa shape index (κ3) is 5.51. The van der Waals surface area contributed by atoms with Gasteiger partial charge in [0.2, 0.25) is 15.9 Å². The quantitative estimate of drug-likeness (QED) is 0.616. The molecule has 2 aliphatic rings. The zero-order valence-corrected chi connectivity index (χ0v) is 18.7. The van der Waals surface area contributed by atoms with Crippen LogP contribution in [0.5, 0.6) is 0 Å². The molecular weight excluding hydrogens is 410 g/mol. The fourth-order valence-electron chi connectivity index (χ4n) is 4.24. The highest BCUT2D eigenvalue weighted by atomic mass is 32.2. The molecule has 1 aromatic heterocycles. The molecule has 168 valence electrons. The topological polar surface area (TPSA) is 133 Å². The first-order valence-electron chi connectivity index (χ1n) is 10.3. The van der Waals surface area contributed by atoms with Crippen molar-refractivity contribution in [1.82, 2.24) is 19.8 Å². The van der Waals surface area contributed by atoms with Gasteiger partial charge in [0.1, 0.15) is 6.10 Å². The van der Waals surface area contributed by atoms with Gasteiger partial charge < -0.3 is 15.4 Å². The number of anilines is 1. The molecule has 2 amide bonds. The van der Waals surface area contributed by atoms with Crippen LogP contribution in [-0.4, -0.2) is 65.9 Å². The van der Waals surface area contributed by atoms with Crippen LogP contribution in [0.25, 0.3) is 0 Å². The first-order chi connectivity index (χ1) is 14.0. The molecule has 1 aromatic rings. The third-order valence-electron chi connectivity index (χ3n) is 5.67. The highest BCUT2D eigenvalue weighted by Gasteiger charge is 2.38. The van der Waals surface area contributed by atoms with Gasteiger partial charge in [-0.15, -0.1) is 0 Å². The van der Waals surface area contributed by atoms with Crippen molar-refractivity contribution in [3.05, 3.63) is 11.8 Å². The largest absolute Gasteiger partial charge is 0.446 e. The van der Waals surface area contributed by atoms with Gasteiger partial charge in [-0.25, -0.2) is 13.2 Å². The number of nitrogens with one attached hydrogen (secondary N) is 3. The molecule has 30 heavy (non-hydrogen) atoms. The molecular formula is C19H31N5O5S. The fraction of sp³-hybridized carbons (Fsp3) is 0.737. The summed E-state index contributed by atoms with van der Waals surface area (Å²) in [5.41, 5.74) is 0.887. The number of alkyl carbamates (subject to hydrolysis) is 1. The van der Waals surface area contributed by atoms with Crippen molar-refractivity contribution < 1.29 is 22.7 Å². The van der Waals surface area contributed by atoms with Crippen molar-refractivity contribution in [3.63, 3.8) is 0 Å². The first kappa shape index (κ1) is 22.5. The predicted octanol–water partition coefficient (Wildman–Crippen LogP) is 1.79. The smallest absolute Gasteiger partial charge is 0.407 e. The number of carbonyl (C=O) groups excluding carboxylic acids is 2. The SMILES string of the molecule is CC(C)NC(=O)O[C@@H]1CC[C@H](c2cc(NC(=O)[C@H]3C[C@@H](C)N(S(C)(=O)=O)C3)n[nH]2)C1. The summed E-state index contributed by atoms with van der Waals surface area (Å²) in [6, 6.07) is 1.63. The number of aromatic amines is 1. The number of amides is 2. The third-order valence-corrected chi connectivity index (χ3v) is 7.03. The summed E-state index contributed by atoms with van der Waals surface area (Å²) in [6.45, 7) is 5.75. The van der Waals surface area contributed by atoms with E-state index in [9.17, 15) is 18.0 Å². The van der Waals surface area contributed by atoms with E-state index in [1.807, 2.05) is 13.8 Å². The Morgan fingerprint density at radius 1 is 1.30 bits per heavy atom. The molecule has 11 heteroatoms. The maximum Gasteiger partial charge on any atom is 0.407 e. The Morgan fingerprint density at radius 3 is 2.67 bits per heavy atom. The maximum absolute atomic E-state index is 12.6. The predicted molar refractivity (Wildman–Crippen MR) is 111 cm³/mol. The fourth-order valence-corrected chi connectivity index (χ4v) is 5.43. The lowest BCUT2D eigenvalue weighted by atomic mass is 10.0. The van der Waals surface area contributed by atoms with Crippen LogP contribution >= 0.6 is 0 Å². The maximum atomic E-state index is 12.6. The van der Waals surface area contributed by atoms with Crippen LogP contribution in [-0.2, 0) is 19.6 Å². The van der Waals surface area contributed by atoms with Gasteiger partial charge in [-0.05, 0) is 46.5 Å². The number of carbonyl (C=O) groups is 2. The minimum atomic E-state index is -3.33. The Hall–Kier alpha value is -2.14. The molecule has 0 bridgehead atoms. The Morgan fingerprint density at radius 2 is 2.03 bits per heavy atom. The molecule has 0 aromatic carbocycles. The van der Waals surface area contributed by atoms with E-state index in [-0.39, 0.29) is 36.6 Å². The van der Waals surface area contributed by atoms with E-state index in [0.717, 1.165) is 24.8 Å². The Bertz CT molecular complexity index is 884. The minimum absolute atomic E-state index is 0.0286. The number of hydrogen-bond acceptors (Lipinski definition) is 6. The van der Waals surface area contributed by atoms with Gasteiger partial charge in [-0.1, -0.05) is 0 Å². The van der Waals surface area contributed by atoms with E-state index in [1.54, 1.807) is 13.0 Å². The number of rotatable bonds is 6. The number of nitrogens with zero attached hydrogens (tertiary/aromatic N) is 2. The lowest BCUT2D eigenvalue weighted by Gasteiger charge is -2.17. The van der Waals surface area contributed by atoms with Crippen LogP contribution in [0.15, 0.2) is 6.07 Å². The Kier molecular flexibility index (Phi) is 6.71. The second-order valence-corrected chi connectivity index (χ2v) is 10.6. The van der Waals surface area contributed by atoms with Gasteiger partial charge in [-0.2, -0.15) is 9.40 Å². The lowest BCUT2D eigenvalue weighted by molar-refractivity contribution is -0.119. The second-order valence-electron chi connectivity index (χ2n) is 8.65. The van der Waals surface area contributed by atoms with Gasteiger partial charge >= 0.3 is 6.09 Å². The van der Waals surface area contributed by atoms with Gasteiger partial charge in [0, 0.05) is 36.3 Å². The summed E-state index contributed by atoms with van der Waals surface area (Å²) in [5.74, 6) is -0.0442. The number of ether oxygens (including phenoxy) is 1. The molecule has 1 saturated carbocycles. The molecule has 0 spiro atoms. The summed E-state index contributed by atoms with van der Waals surface area (Å²) in [6.07, 6.45) is 3.44. The zero-order valence-electron chi connectivity index (χ0n) is 17.8. The minimum Gasteiger partial charge on any atom is -0.446 e. The van der Waals surface area contributed by atoms with Crippen LogP contribution in [0.2, 0.25) is 0 Å². The summed E-state index contributed by atoms with van der Waals surface area (Å²) < 4.78 is 30.4. The summed E-state index contributed by atoms with van der Waals surface area (Å²) in [4.78, 5) is 24.3. The van der Waals surface area contributed by atoms with Gasteiger partial charge in [-0.3, -0.25) is 9.89 Å². The standard InChI is InChI=1S/C19H31N5O5S/c1-11(2)20-19(26)29-15-6-5-13(8-15)16-9-17(23-22-16)21-18(25)14-7-12(3)24(10-14)30(4,27)28/h9,11-15H,5-8,10H2,1-4H3,(H,20,26)(H2,21,22,23,25)/t12-,13+,14+,15-/m1/s1. The Labute approximate surface area is 177 Å². The average Bonchev–Trinajstić information content (AvgIpc) is 3.32. The molecule has 2 fully saturated rings. The molecule has 1 aliphatic heterocycles. The van der Waals surface area contributed by atoms with E-state index in [4.69, 9.17) is 4.74 Å². The zero-order chi connectivity index (χ0) is 22.1. The van der Waals surface area contributed by atoms with E-state index < -0.39 is 22.0 Å². The van der Waals surface area contributed by atoms with E-state index in [1.165, 1.54) is 4.31 Å². The number of sulfonamides is 1. The van der Waals surface area contributed by atoms with Crippen LogP contribution < -0.4 is 10.6 Å². The number of hydrogen-bond donors (Lipinski definition) is 3. The summed E-state index contributed by atoms with van der Waals surface area (Å²) >= 11 is 0. The lowest BCUT2D eigenvalue weighted by Crippen LogP contribution is -2.34. The van der Waals surface area contributed by atoms with Crippen LogP contribution in [0.1, 0.15) is 58.1 Å². The molecule has 1 saturated heterocycles. The Balaban J connectivity index is 1.52. The van der Waals surface area contributed by atoms with Crippen LogP contribution in [0, 0.1) is 5.92 Å². The molecule has 0 radical (unpaired) electrons. The van der Waals surface area contributed by atoms with Crippen molar-refractivity contribution in [3.8, 4) is 0 Å². The van der Waals surface area contributed by atoms with Crippen molar-refractivity contribution in [2.75, 3.05) is 18.1 Å². The molecule has 2 heterocycles. The molecule has 0 unspecified atom stereocenters. The van der Waals surface area contributed by atoms with E-state index in [2.05, 4.69) is 20.8 Å². The van der Waals surface area contributed by atoms with E-state index in [0.29, 0.717) is 18.7 Å².